The maximum Gasteiger partial charge on any atom is 0.410 e. The predicted molar refractivity (Wildman–Crippen MR) is 113 cm³/mol. The summed E-state index contributed by atoms with van der Waals surface area (Å²) < 4.78 is 10.5. The van der Waals surface area contributed by atoms with Crippen LogP contribution in [0.4, 0.5) is 4.79 Å². The van der Waals surface area contributed by atoms with Gasteiger partial charge in [0.15, 0.2) is 0 Å². The molecule has 2 aromatic rings. The van der Waals surface area contributed by atoms with Crippen molar-refractivity contribution in [3.8, 4) is 11.1 Å². The maximum atomic E-state index is 12.5. The zero-order valence-corrected chi connectivity index (χ0v) is 17.4. The molecule has 1 heterocycles. The fraction of sp³-hybridized carbons (Fsp3) is 0.333. The Morgan fingerprint density at radius 1 is 0.931 bits per heavy atom. The van der Waals surface area contributed by atoms with Gasteiger partial charge in [0.2, 0.25) is 0 Å². The molecule has 0 saturated heterocycles. The van der Waals surface area contributed by atoms with E-state index in [4.69, 9.17) is 9.47 Å². The molecule has 2 aromatic carbocycles. The smallest absolute Gasteiger partial charge is 0.410 e. The predicted octanol–water partition coefficient (Wildman–Crippen LogP) is 4.92. The lowest BCUT2D eigenvalue weighted by Gasteiger charge is -2.32. The van der Waals surface area contributed by atoms with E-state index in [2.05, 4.69) is 18.2 Å². The minimum atomic E-state index is -0.587. The van der Waals surface area contributed by atoms with Crippen LogP contribution in [0.5, 0.6) is 0 Å². The van der Waals surface area contributed by atoms with Gasteiger partial charge in [-0.05, 0) is 55.5 Å². The average molecular weight is 393 g/mol. The Balaban J connectivity index is 1.94. The highest BCUT2D eigenvalue weighted by atomic mass is 16.6. The first-order valence-corrected chi connectivity index (χ1v) is 9.72. The zero-order valence-electron chi connectivity index (χ0n) is 17.4. The number of esters is 1. The lowest BCUT2D eigenvalue weighted by molar-refractivity contribution is -0.136. The molecule has 0 bridgehead atoms. The van der Waals surface area contributed by atoms with Gasteiger partial charge >= 0.3 is 12.1 Å². The average Bonchev–Trinajstić information content (AvgIpc) is 2.72. The van der Waals surface area contributed by atoms with Gasteiger partial charge < -0.3 is 14.4 Å². The van der Waals surface area contributed by atoms with Gasteiger partial charge in [-0.3, -0.25) is 0 Å². The second-order valence-electron chi connectivity index (χ2n) is 8.05. The standard InChI is InChI=1S/C24H27NO4/c1-24(2,3)29-23(27)25-14-13-20(21(16-25)22(26)28-4)19-12-8-11-18(15-19)17-9-6-5-7-10-17/h5-12,15H,13-14,16H2,1-4H3. The molecule has 0 fully saturated rings. The van der Waals surface area contributed by atoms with Crippen LogP contribution in [-0.2, 0) is 14.3 Å². The van der Waals surface area contributed by atoms with E-state index >= 15 is 0 Å². The summed E-state index contributed by atoms with van der Waals surface area (Å²) in [6.45, 7) is 6.14. The molecule has 0 radical (unpaired) electrons. The number of carbonyl (C=O) groups excluding carboxylic acids is 2. The number of ether oxygens (including phenoxy) is 2. The molecule has 5 nitrogen and oxygen atoms in total. The van der Waals surface area contributed by atoms with Crippen molar-refractivity contribution < 1.29 is 19.1 Å². The fourth-order valence-corrected chi connectivity index (χ4v) is 3.39. The second kappa shape index (κ2) is 8.52. The molecule has 0 unspecified atom stereocenters. The first kappa shape index (κ1) is 20.6. The molecule has 1 amide bonds. The van der Waals surface area contributed by atoms with Gasteiger partial charge in [-0.25, -0.2) is 9.59 Å². The molecule has 0 atom stereocenters. The van der Waals surface area contributed by atoms with Crippen LogP contribution < -0.4 is 0 Å². The Hall–Kier alpha value is -3.08. The number of benzene rings is 2. The highest BCUT2D eigenvalue weighted by Crippen LogP contribution is 2.31. The molecule has 0 aromatic heterocycles. The molecule has 5 heteroatoms. The van der Waals surface area contributed by atoms with E-state index in [1.54, 1.807) is 4.90 Å². The number of rotatable bonds is 3. The van der Waals surface area contributed by atoms with Gasteiger partial charge in [-0.2, -0.15) is 0 Å². The van der Waals surface area contributed by atoms with Gasteiger partial charge in [0.25, 0.3) is 0 Å². The number of nitrogens with zero attached hydrogens (tertiary/aromatic N) is 1. The van der Waals surface area contributed by atoms with Crippen molar-refractivity contribution in [2.45, 2.75) is 32.8 Å². The van der Waals surface area contributed by atoms with Crippen molar-refractivity contribution in [1.82, 2.24) is 4.90 Å². The number of methoxy groups -OCH3 is 1. The number of hydrogen-bond donors (Lipinski definition) is 0. The second-order valence-corrected chi connectivity index (χ2v) is 8.05. The van der Waals surface area contributed by atoms with Gasteiger partial charge in [0.05, 0.1) is 19.2 Å². The quantitative estimate of drug-likeness (QED) is 0.695. The van der Waals surface area contributed by atoms with Gasteiger partial charge in [0.1, 0.15) is 5.60 Å². The molecule has 0 saturated carbocycles. The summed E-state index contributed by atoms with van der Waals surface area (Å²) in [7, 11) is 1.36. The first-order chi connectivity index (χ1) is 13.8. The summed E-state index contributed by atoms with van der Waals surface area (Å²) in [5, 5.41) is 0. The van der Waals surface area contributed by atoms with E-state index < -0.39 is 17.7 Å². The van der Waals surface area contributed by atoms with Crippen molar-refractivity contribution in [2.24, 2.45) is 0 Å². The van der Waals surface area contributed by atoms with Crippen molar-refractivity contribution in [1.29, 1.82) is 0 Å². The van der Waals surface area contributed by atoms with E-state index in [1.807, 2.05) is 57.2 Å². The lowest BCUT2D eigenvalue weighted by atomic mass is 9.91. The van der Waals surface area contributed by atoms with Crippen LogP contribution >= 0.6 is 0 Å². The monoisotopic (exact) mass is 393 g/mol. The Morgan fingerprint density at radius 3 is 2.24 bits per heavy atom. The Bertz CT molecular complexity index is 925. The van der Waals surface area contributed by atoms with Crippen molar-refractivity contribution >= 4 is 17.6 Å². The molecular weight excluding hydrogens is 366 g/mol. The minimum Gasteiger partial charge on any atom is -0.466 e. The van der Waals surface area contributed by atoms with E-state index in [0.29, 0.717) is 18.5 Å². The summed E-state index contributed by atoms with van der Waals surface area (Å²) in [6, 6.07) is 18.2. The maximum absolute atomic E-state index is 12.5. The highest BCUT2D eigenvalue weighted by molar-refractivity contribution is 5.99. The lowest BCUT2D eigenvalue weighted by Crippen LogP contribution is -2.41. The molecule has 1 aliphatic rings. The van der Waals surface area contributed by atoms with Crippen LogP contribution in [0.25, 0.3) is 16.7 Å². The molecule has 3 rings (SSSR count). The Kier molecular flexibility index (Phi) is 6.06. The third-order valence-electron chi connectivity index (χ3n) is 4.75. The summed E-state index contributed by atoms with van der Waals surface area (Å²) in [5.41, 5.74) is 3.98. The largest absolute Gasteiger partial charge is 0.466 e. The number of hydrogen-bond acceptors (Lipinski definition) is 4. The molecule has 0 aliphatic carbocycles. The SMILES string of the molecule is COC(=O)C1=C(c2cccc(-c3ccccc3)c2)CCN(C(=O)OC(C)(C)C)C1. The molecule has 152 valence electrons. The Morgan fingerprint density at radius 2 is 1.59 bits per heavy atom. The number of amides is 1. The van der Waals surface area contributed by atoms with Crippen LogP contribution in [0, 0.1) is 0 Å². The zero-order chi connectivity index (χ0) is 21.0. The minimum absolute atomic E-state index is 0.173. The molecule has 0 N–H and O–H groups in total. The number of carbonyl (C=O) groups is 2. The van der Waals surface area contributed by atoms with Gasteiger partial charge in [-0.15, -0.1) is 0 Å². The fourth-order valence-electron chi connectivity index (χ4n) is 3.39. The van der Waals surface area contributed by atoms with E-state index in [9.17, 15) is 9.59 Å². The van der Waals surface area contributed by atoms with Crippen molar-refractivity contribution in [3.63, 3.8) is 0 Å². The first-order valence-electron chi connectivity index (χ1n) is 9.72. The molecule has 29 heavy (non-hydrogen) atoms. The van der Waals surface area contributed by atoms with E-state index in [1.165, 1.54) is 7.11 Å². The van der Waals surface area contributed by atoms with Crippen molar-refractivity contribution in [2.75, 3.05) is 20.2 Å². The van der Waals surface area contributed by atoms with Crippen LogP contribution in [0.15, 0.2) is 60.2 Å². The molecular formula is C24H27NO4. The van der Waals surface area contributed by atoms with Crippen molar-refractivity contribution in [3.05, 3.63) is 65.7 Å². The van der Waals surface area contributed by atoms with Crippen LogP contribution in [0.1, 0.15) is 32.8 Å². The Labute approximate surface area is 171 Å². The molecule has 1 aliphatic heterocycles. The third-order valence-corrected chi connectivity index (χ3v) is 4.75. The normalized spacial score (nSPS) is 14.6. The van der Waals surface area contributed by atoms with Gasteiger partial charge in [0, 0.05) is 6.54 Å². The summed E-state index contributed by atoms with van der Waals surface area (Å²) in [5.74, 6) is -0.418. The van der Waals surface area contributed by atoms with Crippen LogP contribution in [-0.4, -0.2) is 42.8 Å². The van der Waals surface area contributed by atoms with E-state index in [0.717, 1.165) is 22.3 Å². The van der Waals surface area contributed by atoms with Gasteiger partial charge in [-0.1, -0.05) is 48.5 Å². The topological polar surface area (TPSA) is 55.8 Å². The highest BCUT2D eigenvalue weighted by Gasteiger charge is 2.30. The summed E-state index contributed by atoms with van der Waals surface area (Å²) in [4.78, 5) is 26.5. The summed E-state index contributed by atoms with van der Waals surface area (Å²) in [6.07, 6.45) is 0.137. The van der Waals surface area contributed by atoms with E-state index in [-0.39, 0.29) is 6.54 Å². The van der Waals surface area contributed by atoms with Crippen LogP contribution in [0.3, 0.4) is 0 Å². The van der Waals surface area contributed by atoms with Crippen LogP contribution in [0.2, 0.25) is 0 Å². The third kappa shape index (κ3) is 5.05. The summed E-state index contributed by atoms with van der Waals surface area (Å²) >= 11 is 0. The molecule has 0 spiro atoms.